The summed E-state index contributed by atoms with van der Waals surface area (Å²) in [5, 5.41) is 11.6. The summed E-state index contributed by atoms with van der Waals surface area (Å²) >= 11 is 0. The van der Waals surface area contributed by atoms with Gasteiger partial charge in [0.1, 0.15) is 5.82 Å². The van der Waals surface area contributed by atoms with Gasteiger partial charge in [-0.2, -0.15) is 0 Å². The van der Waals surface area contributed by atoms with Crippen LogP contribution in [-0.2, 0) is 4.79 Å². The molecule has 0 saturated heterocycles. The van der Waals surface area contributed by atoms with E-state index >= 15 is 0 Å². The predicted octanol–water partition coefficient (Wildman–Crippen LogP) is 2.36. The summed E-state index contributed by atoms with van der Waals surface area (Å²) in [7, 11) is 0. The number of amides is 1. The summed E-state index contributed by atoms with van der Waals surface area (Å²) in [6, 6.07) is 5.93. The average Bonchev–Trinajstić information content (AvgIpc) is 2.42. The van der Waals surface area contributed by atoms with Crippen molar-refractivity contribution in [1.82, 2.24) is 5.32 Å². The monoisotopic (exact) mass is 265 g/mol. The molecule has 19 heavy (non-hydrogen) atoms. The van der Waals surface area contributed by atoms with Crippen molar-refractivity contribution >= 4 is 12.0 Å². The van der Waals surface area contributed by atoms with Crippen LogP contribution < -0.4 is 5.32 Å². The third-order valence-corrected chi connectivity index (χ3v) is 2.98. The van der Waals surface area contributed by atoms with E-state index in [0.717, 1.165) is 12.0 Å². The molecular formula is C15H20FNO2. The van der Waals surface area contributed by atoms with E-state index in [1.807, 2.05) is 6.92 Å². The number of halogens is 1. The maximum absolute atomic E-state index is 12.7. The number of rotatable bonds is 7. The number of aliphatic hydroxyl groups is 1. The van der Waals surface area contributed by atoms with E-state index in [1.54, 1.807) is 18.2 Å². The molecule has 1 aromatic rings. The van der Waals surface area contributed by atoms with E-state index < -0.39 is 0 Å². The minimum absolute atomic E-state index is 0.139. The number of aliphatic hydroxyl groups excluding tert-OH is 1. The molecule has 0 bridgehead atoms. The van der Waals surface area contributed by atoms with Crippen LogP contribution in [0.1, 0.15) is 25.3 Å². The van der Waals surface area contributed by atoms with Gasteiger partial charge in [-0.05, 0) is 36.1 Å². The first kappa shape index (κ1) is 15.4. The van der Waals surface area contributed by atoms with Crippen molar-refractivity contribution in [2.45, 2.75) is 19.8 Å². The zero-order valence-electron chi connectivity index (χ0n) is 11.1. The lowest BCUT2D eigenvalue weighted by atomic mass is 10.0. The van der Waals surface area contributed by atoms with Crippen LogP contribution in [-0.4, -0.2) is 24.2 Å². The van der Waals surface area contributed by atoms with Crippen LogP contribution in [0.15, 0.2) is 30.3 Å². The SMILES string of the molecule is CCC(CCO)CNC(=O)C=Cc1ccc(F)cc1. The van der Waals surface area contributed by atoms with Crippen molar-refractivity contribution in [2.24, 2.45) is 5.92 Å². The van der Waals surface area contributed by atoms with Crippen LogP contribution in [0.4, 0.5) is 4.39 Å². The van der Waals surface area contributed by atoms with Gasteiger partial charge in [-0.3, -0.25) is 4.79 Å². The van der Waals surface area contributed by atoms with Gasteiger partial charge in [-0.25, -0.2) is 4.39 Å². The molecule has 0 saturated carbocycles. The molecule has 0 heterocycles. The first-order valence-corrected chi connectivity index (χ1v) is 6.48. The van der Waals surface area contributed by atoms with Crippen molar-refractivity contribution in [3.8, 4) is 0 Å². The van der Waals surface area contributed by atoms with Crippen LogP contribution >= 0.6 is 0 Å². The van der Waals surface area contributed by atoms with E-state index in [9.17, 15) is 9.18 Å². The fourth-order valence-electron chi connectivity index (χ4n) is 1.68. The number of hydrogen-bond donors (Lipinski definition) is 2. The van der Waals surface area contributed by atoms with Crippen LogP contribution in [0.3, 0.4) is 0 Å². The van der Waals surface area contributed by atoms with E-state index in [0.29, 0.717) is 18.9 Å². The molecule has 3 nitrogen and oxygen atoms in total. The number of hydrogen-bond acceptors (Lipinski definition) is 2. The standard InChI is InChI=1S/C15H20FNO2/c1-2-12(9-10-18)11-17-15(19)8-5-13-3-6-14(16)7-4-13/h3-8,12,18H,2,9-11H2,1H3,(H,17,19). The Morgan fingerprint density at radius 1 is 1.42 bits per heavy atom. The minimum atomic E-state index is -0.295. The third kappa shape index (κ3) is 6.15. The van der Waals surface area contributed by atoms with Gasteiger partial charge >= 0.3 is 0 Å². The van der Waals surface area contributed by atoms with Gasteiger partial charge in [0.15, 0.2) is 0 Å². The molecule has 1 amide bonds. The molecule has 0 radical (unpaired) electrons. The molecule has 0 aliphatic carbocycles. The Kier molecular flexibility index (Phi) is 6.82. The summed E-state index contributed by atoms with van der Waals surface area (Å²) in [5.74, 6) is -0.176. The molecule has 104 valence electrons. The zero-order valence-corrected chi connectivity index (χ0v) is 11.1. The van der Waals surface area contributed by atoms with Crippen molar-refractivity contribution in [3.05, 3.63) is 41.7 Å². The summed E-state index contributed by atoms with van der Waals surface area (Å²) in [4.78, 5) is 11.6. The maximum Gasteiger partial charge on any atom is 0.244 e. The van der Waals surface area contributed by atoms with Crippen molar-refractivity contribution in [2.75, 3.05) is 13.2 Å². The molecule has 2 N–H and O–H groups in total. The molecule has 1 rings (SSSR count). The fourth-order valence-corrected chi connectivity index (χ4v) is 1.68. The molecule has 1 atom stereocenters. The van der Waals surface area contributed by atoms with Gasteiger partial charge in [-0.15, -0.1) is 0 Å². The van der Waals surface area contributed by atoms with Crippen LogP contribution in [0.25, 0.3) is 6.08 Å². The first-order valence-electron chi connectivity index (χ1n) is 6.48. The highest BCUT2D eigenvalue weighted by molar-refractivity contribution is 5.91. The molecule has 0 aromatic heterocycles. The molecule has 0 aliphatic rings. The maximum atomic E-state index is 12.7. The molecule has 1 aromatic carbocycles. The summed E-state index contributed by atoms with van der Waals surface area (Å²) in [5.41, 5.74) is 0.777. The summed E-state index contributed by atoms with van der Waals surface area (Å²) in [6.07, 6.45) is 4.68. The largest absolute Gasteiger partial charge is 0.396 e. The Labute approximate surface area is 113 Å². The van der Waals surface area contributed by atoms with Crippen LogP contribution in [0, 0.1) is 11.7 Å². The second-order valence-electron chi connectivity index (χ2n) is 4.42. The molecule has 0 aliphatic heterocycles. The van der Waals surface area contributed by atoms with Crippen molar-refractivity contribution in [3.63, 3.8) is 0 Å². The van der Waals surface area contributed by atoms with Gasteiger partial charge in [0.25, 0.3) is 0 Å². The molecular weight excluding hydrogens is 245 g/mol. The highest BCUT2D eigenvalue weighted by atomic mass is 19.1. The Hall–Kier alpha value is -1.68. The lowest BCUT2D eigenvalue weighted by molar-refractivity contribution is -0.116. The first-order chi connectivity index (χ1) is 9.15. The fraction of sp³-hybridized carbons (Fsp3) is 0.400. The Morgan fingerprint density at radius 3 is 2.68 bits per heavy atom. The van der Waals surface area contributed by atoms with Crippen LogP contribution in [0.2, 0.25) is 0 Å². The zero-order chi connectivity index (χ0) is 14.1. The number of nitrogens with one attached hydrogen (secondary N) is 1. The van der Waals surface area contributed by atoms with Gasteiger partial charge in [0.05, 0.1) is 0 Å². The average molecular weight is 265 g/mol. The lowest BCUT2D eigenvalue weighted by Gasteiger charge is -2.13. The Morgan fingerprint density at radius 2 is 2.11 bits per heavy atom. The van der Waals surface area contributed by atoms with E-state index in [4.69, 9.17) is 5.11 Å². The third-order valence-electron chi connectivity index (χ3n) is 2.98. The minimum Gasteiger partial charge on any atom is -0.396 e. The normalized spacial score (nSPS) is 12.6. The summed E-state index contributed by atoms with van der Waals surface area (Å²) < 4.78 is 12.7. The molecule has 0 fully saturated rings. The second-order valence-corrected chi connectivity index (χ2v) is 4.42. The Balaban J connectivity index is 2.40. The number of carbonyl (C=O) groups excluding carboxylic acids is 1. The van der Waals surface area contributed by atoms with Gasteiger partial charge < -0.3 is 10.4 Å². The number of benzene rings is 1. The quantitative estimate of drug-likeness (QED) is 0.744. The predicted molar refractivity (Wildman–Crippen MR) is 73.9 cm³/mol. The molecule has 1 unspecified atom stereocenters. The van der Waals surface area contributed by atoms with Crippen molar-refractivity contribution < 1.29 is 14.3 Å². The van der Waals surface area contributed by atoms with Gasteiger partial charge in [-0.1, -0.05) is 25.5 Å². The summed E-state index contributed by atoms with van der Waals surface area (Å²) in [6.45, 7) is 2.73. The van der Waals surface area contributed by atoms with E-state index in [-0.39, 0.29) is 18.3 Å². The highest BCUT2D eigenvalue weighted by Gasteiger charge is 2.06. The molecule has 0 spiro atoms. The van der Waals surface area contributed by atoms with E-state index in [2.05, 4.69) is 5.32 Å². The van der Waals surface area contributed by atoms with Gasteiger partial charge in [0, 0.05) is 19.2 Å². The molecule has 4 heteroatoms. The lowest BCUT2D eigenvalue weighted by Crippen LogP contribution is -2.28. The smallest absolute Gasteiger partial charge is 0.244 e. The Bertz CT molecular complexity index is 415. The highest BCUT2D eigenvalue weighted by Crippen LogP contribution is 2.06. The van der Waals surface area contributed by atoms with Gasteiger partial charge in [0.2, 0.25) is 5.91 Å². The second kappa shape index (κ2) is 8.43. The van der Waals surface area contributed by atoms with Crippen molar-refractivity contribution in [1.29, 1.82) is 0 Å². The van der Waals surface area contributed by atoms with E-state index in [1.165, 1.54) is 18.2 Å². The van der Waals surface area contributed by atoms with Crippen LogP contribution in [0.5, 0.6) is 0 Å². The number of carbonyl (C=O) groups is 1. The topological polar surface area (TPSA) is 49.3 Å².